The highest BCUT2D eigenvalue weighted by atomic mass is 32.2. The SMILES string of the molecule is Cc1cccc(N(CC(=O)N(Cc2ccccc2)C(Cc2ccccc2)C(=O)NCC(C)C)S(C)(=O)=O)c1. The number of aryl methyl sites for hydroxylation is 1. The van der Waals surface area contributed by atoms with Gasteiger partial charge < -0.3 is 10.2 Å². The molecule has 0 fully saturated rings. The molecule has 0 spiro atoms. The van der Waals surface area contributed by atoms with Crippen molar-refractivity contribution in [3.05, 3.63) is 102 Å². The Morgan fingerprint density at radius 3 is 2.03 bits per heavy atom. The van der Waals surface area contributed by atoms with Crippen molar-refractivity contribution >= 4 is 27.5 Å². The van der Waals surface area contributed by atoms with Crippen LogP contribution in [0.15, 0.2) is 84.9 Å². The molecule has 7 nitrogen and oxygen atoms in total. The minimum absolute atomic E-state index is 0.164. The van der Waals surface area contributed by atoms with Gasteiger partial charge in [0, 0.05) is 19.5 Å². The molecule has 202 valence electrons. The zero-order valence-electron chi connectivity index (χ0n) is 22.5. The minimum atomic E-state index is -3.78. The molecule has 0 bridgehead atoms. The Morgan fingerprint density at radius 2 is 1.47 bits per heavy atom. The molecule has 0 saturated carbocycles. The number of sulfonamides is 1. The minimum Gasteiger partial charge on any atom is -0.354 e. The normalized spacial score (nSPS) is 12.1. The summed E-state index contributed by atoms with van der Waals surface area (Å²) in [5.74, 6) is -0.494. The van der Waals surface area contributed by atoms with Crippen molar-refractivity contribution in [1.29, 1.82) is 0 Å². The predicted molar refractivity (Wildman–Crippen MR) is 152 cm³/mol. The molecule has 3 aromatic carbocycles. The lowest BCUT2D eigenvalue weighted by atomic mass is 10.0. The molecule has 0 aliphatic rings. The fourth-order valence-corrected chi connectivity index (χ4v) is 4.99. The largest absolute Gasteiger partial charge is 0.354 e. The van der Waals surface area contributed by atoms with Gasteiger partial charge in [-0.05, 0) is 41.7 Å². The number of benzene rings is 3. The van der Waals surface area contributed by atoms with Gasteiger partial charge in [-0.1, -0.05) is 86.6 Å². The van der Waals surface area contributed by atoms with Crippen molar-refractivity contribution in [3.8, 4) is 0 Å². The van der Waals surface area contributed by atoms with Gasteiger partial charge in [0.05, 0.1) is 11.9 Å². The van der Waals surface area contributed by atoms with E-state index in [1.807, 2.05) is 87.5 Å². The molecule has 8 heteroatoms. The van der Waals surface area contributed by atoms with Crippen LogP contribution < -0.4 is 9.62 Å². The van der Waals surface area contributed by atoms with E-state index >= 15 is 0 Å². The number of anilines is 1. The average Bonchev–Trinajstić information content (AvgIpc) is 2.88. The number of amides is 2. The van der Waals surface area contributed by atoms with Gasteiger partial charge in [0.1, 0.15) is 12.6 Å². The van der Waals surface area contributed by atoms with Crippen molar-refractivity contribution in [1.82, 2.24) is 10.2 Å². The number of nitrogens with zero attached hydrogens (tertiary/aromatic N) is 2. The molecule has 0 aliphatic heterocycles. The number of hydrogen-bond donors (Lipinski definition) is 1. The van der Waals surface area contributed by atoms with Gasteiger partial charge in [-0.2, -0.15) is 0 Å². The molecule has 3 aromatic rings. The second-order valence-corrected chi connectivity index (χ2v) is 11.9. The molecule has 0 aromatic heterocycles. The van der Waals surface area contributed by atoms with Gasteiger partial charge in [-0.15, -0.1) is 0 Å². The summed E-state index contributed by atoms with van der Waals surface area (Å²) in [6.45, 7) is 6.09. The van der Waals surface area contributed by atoms with Gasteiger partial charge in [0.2, 0.25) is 21.8 Å². The summed E-state index contributed by atoms with van der Waals surface area (Å²) < 4.78 is 26.7. The van der Waals surface area contributed by atoms with Gasteiger partial charge in [-0.25, -0.2) is 8.42 Å². The molecule has 0 aliphatic carbocycles. The van der Waals surface area contributed by atoms with E-state index < -0.39 is 28.5 Å². The van der Waals surface area contributed by atoms with Crippen LogP contribution in [0.4, 0.5) is 5.69 Å². The monoisotopic (exact) mass is 535 g/mol. The third kappa shape index (κ3) is 8.45. The number of rotatable bonds is 12. The third-order valence-electron chi connectivity index (χ3n) is 6.12. The number of nitrogens with one attached hydrogen (secondary N) is 1. The Morgan fingerprint density at radius 1 is 0.868 bits per heavy atom. The second-order valence-electron chi connectivity index (χ2n) is 9.96. The molecule has 0 radical (unpaired) electrons. The summed E-state index contributed by atoms with van der Waals surface area (Å²) in [4.78, 5) is 29.0. The summed E-state index contributed by atoms with van der Waals surface area (Å²) in [5, 5.41) is 2.98. The Kier molecular flexibility index (Phi) is 10.1. The van der Waals surface area contributed by atoms with Gasteiger partial charge in [-0.3, -0.25) is 13.9 Å². The lowest BCUT2D eigenvalue weighted by Crippen LogP contribution is -2.53. The highest BCUT2D eigenvalue weighted by molar-refractivity contribution is 7.92. The van der Waals surface area contributed by atoms with Crippen LogP contribution in [-0.2, 0) is 32.6 Å². The Labute approximate surface area is 226 Å². The van der Waals surface area contributed by atoms with E-state index in [0.29, 0.717) is 18.7 Å². The van der Waals surface area contributed by atoms with Crippen LogP contribution in [0.25, 0.3) is 0 Å². The van der Waals surface area contributed by atoms with Crippen LogP contribution in [0, 0.1) is 12.8 Å². The summed E-state index contributed by atoms with van der Waals surface area (Å²) >= 11 is 0. The van der Waals surface area contributed by atoms with E-state index in [0.717, 1.165) is 27.3 Å². The van der Waals surface area contributed by atoms with Crippen LogP contribution in [0.1, 0.15) is 30.5 Å². The number of carbonyl (C=O) groups excluding carboxylic acids is 2. The summed E-state index contributed by atoms with van der Waals surface area (Å²) in [6.07, 6.45) is 1.38. The summed E-state index contributed by atoms with van der Waals surface area (Å²) in [5.41, 5.74) is 3.03. The van der Waals surface area contributed by atoms with E-state index in [-0.39, 0.29) is 18.4 Å². The summed E-state index contributed by atoms with van der Waals surface area (Å²) in [6, 6.07) is 25.1. The first-order valence-electron chi connectivity index (χ1n) is 12.7. The smallest absolute Gasteiger partial charge is 0.244 e. The first-order chi connectivity index (χ1) is 18.0. The van der Waals surface area contributed by atoms with Gasteiger partial charge >= 0.3 is 0 Å². The Balaban J connectivity index is 2.02. The van der Waals surface area contributed by atoms with Crippen LogP contribution in [0.2, 0.25) is 0 Å². The maximum Gasteiger partial charge on any atom is 0.244 e. The zero-order valence-corrected chi connectivity index (χ0v) is 23.3. The molecule has 0 heterocycles. The number of carbonyl (C=O) groups is 2. The van der Waals surface area contributed by atoms with Crippen molar-refractivity contribution in [2.75, 3.05) is 23.7 Å². The highest BCUT2D eigenvalue weighted by Crippen LogP contribution is 2.21. The van der Waals surface area contributed by atoms with E-state index in [2.05, 4.69) is 5.32 Å². The fourth-order valence-electron chi connectivity index (χ4n) is 4.15. The topological polar surface area (TPSA) is 86.8 Å². The standard InChI is InChI=1S/C30H37N3O4S/c1-23(2)20-31-30(35)28(19-25-13-7-5-8-14-25)32(21-26-15-9-6-10-16-26)29(34)22-33(38(4,36)37)27-17-11-12-24(3)18-27/h5-18,23,28H,19-22H2,1-4H3,(H,31,35). The molecule has 0 saturated heterocycles. The van der Waals surface area contributed by atoms with E-state index in [4.69, 9.17) is 0 Å². The Hall–Kier alpha value is -3.65. The van der Waals surface area contributed by atoms with E-state index in [1.165, 1.54) is 4.90 Å². The average molecular weight is 536 g/mol. The lowest BCUT2D eigenvalue weighted by Gasteiger charge is -2.33. The predicted octanol–water partition coefficient (Wildman–Crippen LogP) is 4.17. The molecule has 1 unspecified atom stereocenters. The molecule has 2 amide bonds. The zero-order chi connectivity index (χ0) is 27.7. The molecular formula is C30H37N3O4S. The maximum atomic E-state index is 14.0. The highest BCUT2D eigenvalue weighted by Gasteiger charge is 2.33. The lowest BCUT2D eigenvalue weighted by molar-refractivity contribution is -0.140. The first kappa shape index (κ1) is 28.9. The maximum absolute atomic E-state index is 14.0. The molecule has 1 atom stereocenters. The second kappa shape index (κ2) is 13.2. The van der Waals surface area contributed by atoms with Crippen molar-refractivity contribution in [3.63, 3.8) is 0 Å². The quantitative estimate of drug-likeness (QED) is 0.377. The van der Waals surface area contributed by atoms with Gasteiger partial charge in [0.25, 0.3) is 0 Å². The third-order valence-corrected chi connectivity index (χ3v) is 7.26. The van der Waals surface area contributed by atoms with Crippen LogP contribution in [0.5, 0.6) is 0 Å². The molecule has 3 rings (SSSR count). The van der Waals surface area contributed by atoms with E-state index in [1.54, 1.807) is 18.2 Å². The Bertz CT molecular complexity index is 1310. The molecular weight excluding hydrogens is 498 g/mol. The van der Waals surface area contributed by atoms with Crippen LogP contribution >= 0.6 is 0 Å². The van der Waals surface area contributed by atoms with Crippen LogP contribution in [0.3, 0.4) is 0 Å². The van der Waals surface area contributed by atoms with Crippen molar-refractivity contribution in [2.24, 2.45) is 5.92 Å². The first-order valence-corrected chi connectivity index (χ1v) is 14.6. The van der Waals surface area contributed by atoms with Crippen LogP contribution in [-0.4, -0.2) is 50.5 Å². The summed E-state index contributed by atoms with van der Waals surface area (Å²) in [7, 11) is -3.78. The number of hydrogen-bond acceptors (Lipinski definition) is 4. The van der Waals surface area contributed by atoms with Gasteiger partial charge in [0.15, 0.2) is 0 Å². The fraction of sp³-hybridized carbons (Fsp3) is 0.333. The van der Waals surface area contributed by atoms with Crippen molar-refractivity contribution < 1.29 is 18.0 Å². The molecule has 1 N–H and O–H groups in total. The van der Waals surface area contributed by atoms with Crippen molar-refractivity contribution in [2.45, 2.75) is 39.8 Å². The van der Waals surface area contributed by atoms with E-state index in [9.17, 15) is 18.0 Å². The molecule has 38 heavy (non-hydrogen) atoms.